The van der Waals surface area contributed by atoms with Crippen LogP contribution >= 0.6 is 11.5 Å². The molecule has 0 spiro atoms. The van der Waals surface area contributed by atoms with Crippen LogP contribution in [0.25, 0.3) is 0 Å². The van der Waals surface area contributed by atoms with Crippen molar-refractivity contribution in [2.24, 2.45) is 0 Å². The molecule has 0 N–H and O–H groups in total. The maximum atomic E-state index is 12.3. The van der Waals surface area contributed by atoms with E-state index >= 15 is 0 Å². The minimum atomic E-state index is -0.601. The average molecular weight is 561 g/mol. The zero-order chi connectivity index (χ0) is 27.6. The first-order chi connectivity index (χ1) is 19.7. The Morgan fingerprint density at radius 1 is 0.800 bits per heavy atom. The summed E-state index contributed by atoms with van der Waals surface area (Å²) in [5.41, 5.74) is 3.13. The fourth-order valence-corrected chi connectivity index (χ4v) is 5.19. The van der Waals surface area contributed by atoms with Gasteiger partial charge in [-0.05, 0) is 35.1 Å². The van der Waals surface area contributed by atoms with Gasteiger partial charge in [0.1, 0.15) is 29.4 Å². The molecular formula is C31H32N2O6S. The summed E-state index contributed by atoms with van der Waals surface area (Å²) in [6.45, 7) is 3.46. The lowest BCUT2D eigenvalue weighted by Crippen LogP contribution is -2.37. The molecule has 0 unspecified atom stereocenters. The highest BCUT2D eigenvalue weighted by atomic mass is 32.1. The first-order valence-corrected chi connectivity index (χ1v) is 14.1. The summed E-state index contributed by atoms with van der Waals surface area (Å²) in [5, 5.41) is 0.528. The number of aromatic nitrogens is 2. The minimum Gasteiger partial charge on any atom is -0.460 e. The van der Waals surface area contributed by atoms with E-state index in [0.29, 0.717) is 31.4 Å². The smallest absolute Gasteiger partial charge is 0.377 e. The van der Waals surface area contributed by atoms with Crippen LogP contribution in [0, 0.1) is 0 Å². The van der Waals surface area contributed by atoms with Gasteiger partial charge in [-0.2, -0.15) is 4.37 Å². The molecule has 0 radical (unpaired) electrons. The van der Waals surface area contributed by atoms with Crippen molar-refractivity contribution in [2.45, 2.75) is 51.2 Å². The quantitative estimate of drug-likeness (QED) is 0.197. The van der Waals surface area contributed by atoms with E-state index in [9.17, 15) is 4.79 Å². The Labute approximate surface area is 238 Å². The van der Waals surface area contributed by atoms with Gasteiger partial charge in [0, 0.05) is 0 Å². The van der Waals surface area contributed by atoms with Crippen LogP contribution in [0.15, 0.2) is 91.0 Å². The van der Waals surface area contributed by atoms with E-state index in [0.717, 1.165) is 28.2 Å². The second kappa shape index (κ2) is 14.2. The molecule has 4 aromatic rings. The van der Waals surface area contributed by atoms with Crippen molar-refractivity contribution in [3.63, 3.8) is 0 Å². The molecule has 1 saturated heterocycles. The molecule has 0 saturated carbocycles. The van der Waals surface area contributed by atoms with Crippen molar-refractivity contribution >= 4 is 17.5 Å². The number of ether oxygens (including phenoxy) is 5. The number of rotatable bonds is 13. The maximum Gasteiger partial charge on any atom is 0.377 e. The molecule has 0 bridgehead atoms. The average Bonchev–Trinajstić information content (AvgIpc) is 3.62. The lowest BCUT2D eigenvalue weighted by Gasteiger charge is -2.24. The number of carbonyl (C=O) groups is 1. The number of hydrogen-bond donors (Lipinski definition) is 0. The summed E-state index contributed by atoms with van der Waals surface area (Å²) in [5.74, 6) is -0.554. The van der Waals surface area contributed by atoms with Crippen LogP contribution < -0.4 is 0 Å². The summed E-state index contributed by atoms with van der Waals surface area (Å²) < 4.78 is 34.9. The molecular weight excluding hydrogens is 528 g/mol. The van der Waals surface area contributed by atoms with Gasteiger partial charge in [0.25, 0.3) is 5.82 Å². The van der Waals surface area contributed by atoms with E-state index < -0.39 is 30.4 Å². The Kier molecular flexibility index (Phi) is 10.00. The van der Waals surface area contributed by atoms with Crippen LogP contribution in [0.1, 0.15) is 45.3 Å². The second-order valence-corrected chi connectivity index (χ2v) is 10.1. The SMILES string of the molecule is CCOC(=O)c1nsc([C@@H]2O[C@H](COCc3ccccc3)[C@@H](OCc3ccccc3)[C@H]2OCc2ccccc2)n1. The van der Waals surface area contributed by atoms with Crippen LogP contribution in [-0.2, 0) is 43.5 Å². The fourth-order valence-electron chi connectivity index (χ4n) is 4.47. The van der Waals surface area contributed by atoms with Crippen LogP contribution in [0.3, 0.4) is 0 Å². The Bertz CT molecular complexity index is 1320. The first-order valence-electron chi connectivity index (χ1n) is 13.3. The molecule has 4 atom stereocenters. The normalized spacial score (nSPS) is 20.4. The fraction of sp³-hybridized carbons (Fsp3) is 0.323. The highest BCUT2D eigenvalue weighted by Gasteiger charge is 2.48. The molecule has 208 valence electrons. The zero-order valence-electron chi connectivity index (χ0n) is 22.3. The van der Waals surface area contributed by atoms with Crippen LogP contribution in [0.5, 0.6) is 0 Å². The Morgan fingerprint density at radius 3 is 1.93 bits per heavy atom. The molecule has 8 nitrogen and oxygen atoms in total. The molecule has 3 aromatic carbocycles. The summed E-state index contributed by atoms with van der Waals surface area (Å²) in [6, 6.07) is 29.9. The summed E-state index contributed by atoms with van der Waals surface area (Å²) in [4.78, 5) is 16.7. The third kappa shape index (κ3) is 7.38. The van der Waals surface area contributed by atoms with Crippen molar-refractivity contribution < 1.29 is 28.5 Å². The lowest BCUT2D eigenvalue weighted by atomic mass is 10.1. The van der Waals surface area contributed by atoms with Crippen LogP contribution in [0.2, 0.25) is 0 Å². The Hall–Kier alpha value is -3.47. The number of benzene rings is 3. The maximum absolute atomic E-state index is 12.3. The number of hydrogen-bond acceptors (Lipinski definition) is 9. The molecule has 40 heavy (non-hydrogen) atoms. The van der Waals surface area contributed by atoms with E-state index in [1.54, 1.807) is 6.92 Å². The van der Waals surface area contributed by atoms with Gasteiger partial charge in [0.15, 0.2) is 0 Å². The topological polar surface area (TPSA) is 89.0 Å². The molecule has 2 heterocycles. The Balaban J connectivity index is 1.38. The van der Waals surface area contributed by atoms with Gasteiger partial charge in [0.2, 0.25) is 0 Å². The van der Waals surface area contributed by atoms with Crippen molar-refractivity contribution in [1.82, 2.24) is 9.36 Å². The van der Waals surface area contributed by atoms with Crippen LogP contribution in [0.4, 0.5) is 0 Å². The van der Waals surface area contributed by atoms with Gasteiger partial charge in [-0.3, -0.25) is 0 Å². The molecule has 0 amide bonds. The highest BCUT2D eigenvalue weighted by Crippen LogP contribution is 2.39. The molecule has 1 fully saturated rings. The van der Waals surface area contributed by atoms with Gasteiger partial charge in [-0.1, -0.05) is 91.0 Å². The Morgan fingerprint density at radius 2 is 1.35 bits per heavy atom. The molecule has 0 aliphatic carbocycles. The standard InChI is InChI=1S/C31H32N2O6S/c1-2-36-31(34)29-32-30(40-33-29)28-27(38-20-24-16-10-5-11-17-24)26(37-19-23-14-8-4-9-15-23)25(39-28)21-35-18-22-12-6-3-7-13-22/h3-17,25-28H,2,18-21H2,1H3/t25-,26-,27-,28-/m1/s1. The third-order valence-corrected chi connectivity index (χ3v) is 7.19. The van der Waals surface area contributed by atoms with Gasteiger partial charge in [-0.15, -0.1) is 0 Å². The van der Waals surface area contributed by atoms with Crippen molar-refractivity contribution in [2.75, 3.05) is 13.2 Å². The number of nitrogens with zero attached hydrogens (tertiary/aromatic N) is 2. The van der Waals surface area contributed by atoms with Gasteiger partial charge in [-0.25, -0.2) is 9.78 Å². The summed E-state index contributed by atoms with van der Waals surface area (Å²) >= 11 is 1.10. The van der Waals surface area contributed by atoms with Gasteiger partial charge in [0.05, 0.1) is 33.0 Å². The highest BCUT2D eigenvalue weighted by molar-refractivity contribution is 7.05. The monoisotopic (exact) mass is 560 g/mol. The first kappa shape index (κ1) is 28.1. The molecule has 9 heteroatoms. The van der Waals surface area contributed by atoms with Gasteiger partial charge < -0.3 is 23.7 Å². The van der Waals surface area contributed by atoms with E-state index in [-0.39, 0.29) is 12.4 Å². The lowest BCUT2D eigenvalue weighted by molar-refractivity contribution is -0.0898. The molecule has 1 aliphatic rings. The van der Waals surface area contributed by atoms with Gasteiger partial charge >= 0.3 is 5.97 Å². The van der Waals surface area contributed by atoms with E-state index in [4.69, 9.17) is 23.7 Å². The minimum absolute atomic E-state index is 0.0118. The van der Waals surface area contributed by atoms with Crippen molar-refractivity contribution in [3.05, 3.63) is 119 Å². The van der Waals surface area contributed by atoms with E-state index in [1.165, 1.54) is 0 Å². The number of carbonyl (C=O) groups excluding carboxylic acids is 1. The zero-order valence-corrected chi connectivity index (χ0v) is 23.1. The second-order valence-electron chi connectivity index (χ2n) is 9.29. The summed E-state index contributed by atoms with van der Waals surface area (Å²) in [6.07, 6.45) is -2.01. The molecule has 1 aliphatic heterocycles. The van der Waals surface area contributed by atoms with Crippen LogP contribution in [-0.4, -0.2) is 46.9 Å². The van der Waals surface area contributed by atoms with E-state index in [1.807, 2.05) is 91.0 Å². The third-order valence-electron chi connectivity index (χ3n) is 6.42. The summed E-state index contributed by atoms with van der Waals surface area (Å²) in [7, 11) is 0. The predicted molar refractivity (Wildman–Crippen MR) is 150 cm³/mol. The predicted octanol–water partition coefficient (Wildman–Crippen LogP) is 5.54. The number of esters is 1. The van der Waals surface area contributed by atoms with Crippen molar-refractivity contribution in [3.8, 4) is 0 Å². The molecule has 5 rings (SSSR count). The molecule has 1 aromatic heterocycles. The van der Waals surface area contributed by atoms with E-state index in [2.05, 4.69) is 9.36 Å². The largest absolute Gasteiger partial charge is 0.460 e. The van der Waals surface area contributed by atoms with Crippen molar-refractivity contribution in [1.29, 1.82) is 0 Å².